The Kier molecular flexibility index (Phi) is 2.55. The average molecular weight is 269 g/mol. The van der Waals surface area contributed by atoms with Crippen LogP contribution in [0.3, 0.4) is 0 Å². The number of anilines is 1. The number of aromatic nitrogens is 4. The van der Waals surface area contributed by atoms with Crippen LogP contribution in [0.2, 0.25) is 0 Å². The molecule has 0 aromatic carbocycles. The molecular weight excluding hydrogens is 250 g/mol. The summed E-state index contributed by atoms with van der Waals surface area (Å²) in [5.74, 6) is 1.93. The molecule has 20 heavy (non-hydrogen) atoms. The predicted octanol–water partition coefficient (Wildman–Crippen LogP) is 2.51. The maximum Gasteiger partial charge on any atom is 0.203 e. The van der Waals surface area contributed by atoms with E-state index in [0.717, 1.165) is 17.3 Å². The van der Waals surface area contributed by atoms with E-state index in [1.807, 2.05) is 23.7 Å². The molecule has 2 fully saturated rings. The van der Waals surface area contributed by atoms with Crippen molar-refractivity contribution in [3.05, 3.63) is 29.9 Å². The fourth-order valence-corrected chi connectivity index (χ4v) is 3.74. The van der Waals surface area contributed by atoms with Gasteiger partial charge in [0.2, 0.25) is 5.65 Å². The summed E-state index contributed by atoms with van der Waals surface area (Å²) in [6.07, 6.45) is 11.0. The number of hydrogen-bond acceptors (Lipinski definition) is 4. The molecule has 2 aromatic rings. The molecule has 0 amide bonds. The Labute approximate surface area is 118 Å². The molecule has 2 atom stereocenters. The Morgan fingerprint density at radius 2 is 1.95 bits per heavy atom. The fraction of sp³-hybridized carbons (Fsp3) is 0.533. The van der Waals surface area contributed by atoms with Crippen LogP contribution in [0.5, 0.6) is 0 Å². The lowest BCUT2D eigenvalue weighted by Gasteiger charge is -2.37. The van der Waals surface area contributed by atoms with Crippen molar-refractivity contribution < 1.29 is 0 Å². The van der Waals surface area contributed by atoms with Crippen molar-refractivity contribution in [3.8, 4) is 0 Å². The van der Waals surface area contributed by atoms with E-state index in [9.17, 15) is 0 Å². The molecule has 2 saturated heterocycles. The van der Waals surface area contributed by atoms with Gasteiger partial charge in [0.05, 0.1) is 0 Å². The van der Waals surface area contributed by atoms with Gasteiger partial charge in [-0.1, -0.05) is 11.6 Å². The van der Waals surface area contributed by atoms with Gasteiger partial charge in [-0.05, 0) is 39.5 Å². The summed E-state index contributed by atoms with van der Waals surface area (Å²) in [5.41, 5.74) is 2.49. The van der Waals surface area contributed by atoms with E-state index in [1.54, 1.807) is 5.57 Å². The molecule has 0 N–H and O–H groups in total. The molecule has 2 aromatic heterocycles. The molecular formula is C15H19N5. The SMILES string of the molecule is CC=C1CC2CCC(C1)N2c1nccn2c(C)nnc12. The zero-order chi connectivity index (χ0) is 13.7. The van der Waals surface area contributed by atoms with Crippen LogP contribution in [0.15, 0.2) is 24.0 Å². The molecule has 4 heterocycles. The van der Waals surface area contributed by atoms with Gasteiger partial charge < -0.3 is 4.90 Å². The normalized spacial score (nSPS) is 25.5. The average Bonchev–Trinajstić information content (AvgIpc) is 2.97. The summed E-state index contributed by atoms with van der Waals surface area (Å²) in [4.78, 5) is 7.12. The third-order valence-corrected chi connectivity index (χ3v) is 4.75. The van der Waals surface area contributed by atoms with Crippen molar-refractivity contribution in [2.45, 2.75) is 51.6 Å². The van der Waals surface area contributed by atoms with Crippen LogP contribution in [0.4, 0.5) is 5.82 Å². The van der Waals surface area contributed by atoms with Crippen LogP contribution in [0.1, 0.15) is 38.4 Å². The fourth-order valence-electron chi connectivity index (χ4n) is 3.74. The second-order valence-electron chi connectivity index (χ2n) is 5.84. The summed E-state index contributed by atoms with van der Waals surface area (Å²) in [6, 6.07) is 1.16. The maximum absolute atomic E-state index is 4.62. The van der Waals surface area contributed by atoms with E-state index in [2.05, 4.69) is 33.1 Å². The first-order valence-electron chi connectivity index (χ1n) is 7.36. The summed E-state index contributed by atoms with van der Waals surface area (Å²) < 4.78 is 2.03. The van der Waals surface area contributed by atoms with Crippen LogP contribution in [0.25, 0.3) is 5.65 Å². The standard InChI is InChI=1S/C15H19N5/c1-3-11-8-12-4-5-13(9-11)20(12)14-15-18-17-10(2)19(15)7-6-16-14/h3,6-7,12-13H,4-5,8-9H2,1-2H3. The molecule has 5 nitrogen and oxygen atoms in total. The Morgan fingerprint density at radius 1 is 1.20 bits per heavy atom. The summed E-state index contributed by atoms with van der Waals surface area (Å²) >= 11 is 0. The Morgan fingerprint density at radius 3 is 2.65 bits per heavy atom. The molecule has 5 heteroatoms. The quantitative estimate of drug-likeness (QED) is 0.746. The second-order valence-corrected chi connectivity index (χ2v) is 5.84. The summed E-state index contributed by atoms with van der Waals surface area (Å²) in [5, 5.41) is 8.51. The van der Waals surface area contributed by atoms with Crippen molar-refractivity contribution in [1.29, 1.82) is 0 Å². The third kappa shape index (κ3) is 1.58. The molecule has 0 spiro atoms. The van der Waals surface area contributed by atoms with E-state index < -0.39 is 0 Å². The van der Waals surface area contributed by atoms with Crippen molar-refractivity contribution in [2.24, 2.45) is 0 Å². The van der Waals surface area contributed by atoms with Crippen molar-refractivity contribution in [1.82, 2.24) is 19.6 Å². The number of rotatable bonds is 1. The molecule has 104 valence electrons. The predicted molar refractivity (Wildman–Crippen MR) is 77.8 cm³/mol. The van der Waals surface area contributed by atoms with Crippen LogP contribution < -0.4 is 4.90 Å². The van der Waals surface area contributed by atoms with Gasteiger partial charge in [0.1, 0.15) is 5.82 Å². The van der Waals surface area contributed by atoms with Crippen molar-refractivity contribution in [3.63, 3.8) is 0 Å². The summed E-state index contributed by atoms with van der Waals surface area (Å²) in [7, 11) is 0. The Balaban J connectivity index is 1.81. The largest absolute Gasteiger partial charge is 0.347 e. The first-order chi connectivity index (χ1) is 9.78. The van der Waals surface area contributed by atoms with Gasteiger partial charge >= 0.3 is 0 Å². The van der Waals surface area contributed by atoms with Gasteiger partial charge in [0.15, 0.2) is 5.82 Å². The third-order valence-electron chi connectivity index (χ3n) is 4.75. The Hall–Kier alpha value is -1.91. The van der Waals surface area contributed by atoms with Gasteiger partial charge in [-0.3, -0.25) is 4.40 Å². The molecule has 4 rings (SSSR count). The van der Waals surface area contributed by atoms with E-state index >= 15 is 0 Å². The lowest BCUT2D eigenvalue weighted by atomic mass is 9.96. The molecule has 2 unspecified atom stereocenters. The van der Waals surface area contributed by atoms with Crippen LogP contribution >= 0.6 is 0 Å². The molecule has 2 bridgehead atoms. The number of hydrogen-bond donors (Lipinski definition) is 0. The highest BCUT2D eigenvalue weighted by Crippen LogP contribution is 2.41. The van der Waals surface area contributed by atoms with Crippen molar-refractivity contribution in [2.75, 3.05) is 4.90 Å². The second kappa shape index (κ2) is 4.30. The van der Waals surface area contributed by atoms with Crippen LogP contribution in [-0.2, 0) is 0 Å². The number of aryl methyl sites for hydroxylation is 1. The van der Waals surface area contributed by atoms with E-state index in [0.29, 0.717) is 12.1 Å². The molecule has 0 radical (unpaired) electrons. The van der Waals surface area contributed by atoms with Crippen LogP contribution in [0, 0.1) is 6.92 Å². The van der Waals surface area contributed by atoms with Gasteiger partial charge in [-0.25, -0.2) is 4.98 Å². The number of piperidine rings is 1. The van der Waals surface area contributed by atoms with Gasteiger partial charge in [-0.15, -0.1) is 10.2 Å². The maximum atomic E-state index is 4.62. The van der Waals surface area contributed by atoms with E-state index in [1.165, 1.54) is 25.7 Å². The molecule has 0 saturated carbocycles. The van der Waals surface area contributed by atoms with Gasteiger partial charge in [-0.2, -0.15) is 0 Å². The molecule has 2 aliphatic rings. The first kappa shape index (κ1) is 11.9. The van der Waals surface area contributed by atoms with E-state index in [4.69, 9.17) is 0 Å². The van der Waals surface area contributed by atoms with Gasteiger partial charge in [0.25, 0.3) is 0 Å². The number of fused-ring (bicyclic) bond motifs is 3. The Bertz CT molecular complexity index is 671. The summed E-state index contributed by atoms with van der Waals surface area (Å²) in [6.45, 7) is 4.14. The topological polar surface area (TPSA) is 46.3 Å². The lowest BCUT2D eigenvalue weighted by molar-refractivity contribution is 0.544. The zero-order valence-electron chi connectivity index (χ0n) is 12.0. The number of nitrogens with zero attached hydrogens (tertiary/aromatic N) is 5. The minimum Gasteiger partial charge on any atom is -0.347 e. The zero-order valence-corrected chi connectivity index (χ0v) is 12.0. The van der Waals surface area contributed by atoms with Crippen LogP contribution in [-0.4, -0.2) is 31.7 Å². The highest BCUT2D eigenvalue weighted by Gasteiger charge is 2.40. The van der Waals surface area contributed by atoms with Crippen molar-refractivity contribution >= 4 is 11.5 Å². The number of allylic oxidation sites excluding steroid dienone is 1. The molecule has 2 aliphatic heterocycles. The highest BCUT2D eigenvalue weighted by atomic mass is 15.3. The lowest BCUT2D eigenvalue weighted by Crippen LogP contribution is -2.41. The highest BCUT2D eigenvalue weighted by molar-refractivity contribution is 5.66. The minimum absolute atomic E-state index is 0.579. The monoisotopic (exact) mass is 269 g/mol. The smallest absolute Gasteiger partial charge is 0.203 e. The minimum atomic E-state index is 0.579. The van der Waals surface area contributed by atoms with E-state index in [-0.39, 0.29) is 0 Å². The molecule has 0 aliphatic carbocycles. The van der Waals surface area contributed by atoms with Gasteiger partial charge in [0, 0.05) is 24.5 Å². The first-order valence-corrected chi connectivity index (χ1v) is 7.36.